The Bertz CT molecular complexity index is 281. The van der Waals surface area contributed by atoms with Crippen molar-refractivity contribution in [2.24, 2.45) is 0 Å². The number of nitrogens with one attached hydrogen (secondary N) is 1. The van der Waals surface area contributed by atoms with E-state index in [0.717, 1.165) is 38.4 Å². The second kappa shape index (κ2) is 7.49. The standard InChI is InChI=1S/C11H17ClN2O/c1-2-8-15-9-4-7-14-11-10(12)5-3-6-13-11/h3,5-6H,2,4,7-9H2,1H3,(H,13,14). The van der Waals surface area contributed by atoms with Gasteiger partial charge in [0.15, 0.2) is 0 Å². The van der Waals surface area contributed by atoms with Gasteiger partial charge in [-0.05, 0) is 25.0 Å². The molecule has 1 heterocycles. The number of aromatic nitrogens is 1. The molecule has 84 valence electrons. The van der Waals surface area contributed by atoms with Gasteiger partial charge < -0.3 is 10.1 Å². The zero-order chi connectivity index (χ0) is 10.9. The molecule has 1 aromatic rings. The Morgan fingerprint density at radius 3 is 3.07 bits per heavy atom. The minimum absolute atomic E-state index is 0.659. The van der Waals surface area contributed by atoms with Crippen LogP contribution in [0.5, 0.6) is 0 Å². The molecule has 1 N–H and O–H groups in total. The van der Waals surface area contributed by atoms with Crippen molar-refractivity contribution in [1.29, 1.82) is 0 Å². The van der Waals surface area contributed by atoms with Crippen molar-refractivity contribution in [2.45, 2.75) is 19.8 Å². The number of nitrogens with zero attached hydrogens (tertiary/aromatic N) is 1. The molecule has 1 rings (SSSR count). The second-order valence-corrected chi connectivity index (χ2v) is 3.63. The predicted octanol–water partition coefficient (Wildman–Crippen LogP) is 2.96. The van der Waals surface area contributed by atoms with Crippen LogP contribution < -0.4 is 5.32 Å². The van der Waals surface area contributed by atoms with Crippen molar-refractivity contribution >= 4 is 17.4 Å². The zero-order valence-corrected chi connectivity index (χ0v) is 9.76. The Morgan fingerprint density at radius 1 is 1.47 bits per heavy atom. The highest BCUT2D eigenvalue weighted by Gasteiger charge is 1.98. The third-order valence-electron chi connectivity index (χ3n) is 1.86. The highest BCUT2D eigenvalue weighted by Crippen LogP contribution is 2.16. The molecule has 0 amide bonds. The molecule has 15 heavy (non-hydrogen) atoms. The molecule has 0 spiro atoms. The van der Waals surface area contributed by atoms with E-state index in [1.54, 1.807) is 6.20 Å². The summed E-state index contributed by atoms with van der Waals surface area (Å²) in [7, 11) is 0. The SMILES string of the molecule is CCCOCCCNc1ncccc1Cl. The third kappa shape index (κ3) is 5.00. The number of hydrogen-bond donors (Lipinski definition) is 1. The van der Waals surface area contributed by atoms with E-state index in [4.69, 9.17) is 16.3 Å². The number of ether oxygens (including phenoxy) is 1. The van der Waals surface area contributed by atoms with Crippen molar-refractivity contribution in [2.75, 3.05) is 25.1 Å². The summed E-state index contributed by atoms with van der Waals surface area (Å²) in [5, 5.41) is 3.83. The van der Waals surface area contributed by atoms with Crippen LogP contribution in [0.25, 0.3) is 0 Å². The molecule has 0 fully saturated rings. The van der Waals surface area contributed by atoms with Gasteiger partial charge in [-0.1, -0.05) is 18.5 Å². The fourth-order valence-corrected chi connectivity index (χ4v) is 1.33. The maximum atomic E-state index is 5.93. The van der Waals surface area contributed by atoms with Crippen molar-refractivity contribution < 1.29 is 4.74 Å². The molecule has 0 aromatic carbocycles. The Labute approximate surface area is 95.8 Å². The quantitative estimate of drug-likeness (QED) is 0.729. The van der Waals surface area contributed by atoms with Crippen LogP contribution in [0.15, 0.2) is 18.3 Å². The van der Waals surface area contributed by atoms with Gasteiger partial charge in [0.1, 0.15) is 5.82 Å². The summed E-state index contributed by atoms with van der Waals surface area (Å²) in [6.45, 7) is 4.56. The van der Waals surface area contributed by atoms with Crippen LogP contribution in [0, 0.1) is 0 Å². The van der Waals surface area contributed by atoms with Crippen molar-refractivity contribution in [3.8, 4) is 0 Å². The van der Waals surface area contributed by atoms with Crippen LogP contribution in [-0.4, -0.2) is 24.7 Å². The molecule has 0 aliphatic heterocycles. The summed E-state index contributed by atoms with van der Waals surface area (Å²) in [5.74, 6) is 0.745. The first-order chi connectivity index (χ1) is 7.34. The Morgan fingerprint density at radius 2 is 2.33 bits per heavy atom. The van der Waals surface area contributed by atoms with E-state index < -0.39 is 0 Å². The Balaban J connectivity index is 2.12. The fourth-order valence-electron chi connectivity index (χ4n) is 1.14. The van der Waals surface area contributed by atoms with Gasteiger partial charge in [-0.3, -0.25) is 0 Å². The average molecular weight is 229 g/mol. The first-order valence-electron chi connectivity index (χ1n) is 5.26. The first kappa shape index (κ1) is 12.3. The molecule has 0 bridgehead atoms. The Hall–Kier alpha value is -0.800. The molecular weight excluding hydrogens is 212 g/mol. The molecular formula is C11H17ClN2O. The minimum atomic E-state index is 0.659. The average Bonchev–Trinajstić information content (AvgIpc) is 2.25. The molecule has 0 aliphatic carbocycles. The molecule has 1 aromatic heterocycles. The van der Waals surface area contributed by atoms with Gasteiger partial charge >= 0.3 is 0 Å². The lowest BCUT2D eigenvalue weighted by Gasteiger charge is -2.06. The van der Waals surface area contributed by atoms with Crippen LogP contribution in [-0.2, 0) is 4.74 Å². The number of rotatable bonds is 7. The molecule has 0 unspecified atom stereocenters. The monoisotopic (exact) mass is 228 g/mol. The molecule has 0 aliphatic rings. The fraction of sp³-hybridized carbons (Fsp3) is 0.545. The van der Waals surface area contributed by atoms with Crippen molar-refractivity contribution in [3.63, 3.8) is 0 Å². The van der Waals surface area contributed by atoms with E-state index >= 15 is 0 Å². The van der Waals surface area contributed by atoms with E-state index in [1.807, 2.05) is 12.1 Å². The smallest absolute Gasteiger partial charge is 0.144 e. The number of anilines is 1. The number of pyridine rings is 1. The number of hydrogen-bond acceptors (Lipinski definition) is 3. The summed E-state index contributed by atoms with van der Waals surface area (Å²) in [4.78, 5) is 4.13. The van der Waals surface area contributed by atoms with E-state index in [-0.39, 0.29) is 0 Å². The van der Waals surface area contributed by atoms with Gasteiger partial charge in [0, 0.05) is 26.0 Å². The van der Waals surface area contributed by atoms with Gasteiger partial charge in [-0.2, -0.15) is 0 Å². The van der Waals surface area contributed by atoms with E-state index in [2.05, 4.69) is 17.2 Å². The highest BCUT2D eigenvalue weighted by atomic mass is 35.5. The predicted molar refractivity (Wildman–Crippen MR) is 63.5 cm³/mol. The summed E-state index contributed by atoms with van der Waals surface area (Å²) in [6.07, 6.45) is 3.76. The maximum Gasteiger partial charge on any atom is 0.144 e. The first-order valence-corrected chi connectivity index (χ1v) is 5.64. The minimum Gasteiger partial charge on any atom is -0.381 e. The van der Waals surface area contributed by atoms with Crippen molar-refractivity contribution in [1.82, 2.24) is 4.98 Å². The van der Waals surface area contributed by atoms with E-state index in [9.17, 15) is 0 Å². The normalized spacial score (nSPS) is 10.3. The van der Waals surface area contributed by atoms with Crippen LogP contribution >= 0.6 is 11.6 Å². The highest BCUT2D eigenvalue weighted by molar-refractivity contribution is 6.32. The third-order valence-corrected chi connectivity index (χ3v) is 2.17. The molecule has 4 heteroatoms. The van der Waals surface area contributed by atoms with Gasteiger partial charge in [-0.25, -0.2) is 4.98 Å². The topological polar surface area (TPSA) is 34.1 Å². The summed E-state index contributed by atoms with van der Waals surface area (Å²) >= 11 is 5.93. The lowest BCUT2D eigenvalue weighted by molar-refractivity contribution is 0.134. The van der Waals surface area contributed by atoms with Crippen LogP contribution in [0.2, 0.25) is 5.02 Å². The summed E-state index contributed by atoms with van der Waals surface area (Å²) < 4.78 is 5.36. The summed E-state index contributed by atoms with van der Waals surface area (Å²) in [5.41, 5.74) is 0. The molecule has 0 radical (unpaired) electrons. The van der Waals surface area contributed by atoms with Gasteiger partial charge in [0.25, 0.3) is 0 Å². The lowest BCUT2D eigenvalue weighted by atomic mass is 10.4. The molecule has 0 saturated carbocycles. The summed E-state index contributed by atoms with van der Waals surface area (Å²) in [6, 6.07) is 3.64. The van der Waals surface area contributed by atoms with Gasteiger partial charge in [-0.15, -0.1) is 0 Å². The second-order valence-electron chi connectivity index (χ2n) is 3.23. The van der Waals surface area contributed by atoms with Crippen LogP contribution in [0.3, 0.4) is 0 Å². The largest absolute Gasteiger partial charge is 0.381 e. The lowest BCUT2D eigenvalue weighted by Crippen LogP contribution is -2.07. The maximum absolute atomic E-state index is 5.93. The van der Waals surface area contributed by atoms with Gasteiger partial charge in [0.05, 0.1) is 5.02 Å². The molecule has 0 saturated heterocycles. The molecule has 3 nitrogen and oxygen atoms in total. The molecule has 0 atom stereocenters. The van der Waals surface area contributed by atoms with Crippen LogP contribution in [0.4, 0.5) is 5.82 Å². The van der Waals surface area contributed by atoms with Gasteiger partial charge in [0.2, 0.25) is 0 Å². The van der Waals surface area contributed by atoms with Crippen LogP contribution in [0.1, 0.15) is 19.8 Å². The zero-order valence-electron chi connectivity index (χ0n) is 9.00. The van der Waals surface area contributed by atoms with E-state index in [1.165, 1.54) is 0 Å². The van der Waals surface area contributed by atoms with E-state index in [0.29, 0.717) is 5.02 Å². The Kier molecular flexibility index (Phi) is 6.12. The van der Waals surface area contributed by atoms with Crippen molar-refractivity contribution in [3.05, 3.63) is 23.4 Å². The number of halogens is 1.